The molecule has 0 radical (unpaired) electrons. The highest BCUT2D eigenvalue weighted by molar-refractivity contribution is 7.92. The van der Waals surface area contributed by atoms with Crippen molar-refractivity contribution in [3.63, 3.8) is 0 Å². The zero-order valence-electron chi connectivity index (χ0n) is 19.0. The molecule has 0 saturated carbocycles. The van der Waals surface area contributed by atoms with Crippen LogP contribution in [0.4, 0.5) is 5.69 Å². The third kappa shape index (κ3) is 7.39. The first-order chi connectivity index (χ1) is 15.7. The van der Waals surface area contributed by atoms with Gasteiger partial charge in [-0.2, -0.15) is 0 Å². The molecule has 0 aliphatic carbocycles. The highest BCUT2D eigenvalue weighted by Crippen LogP contribution is 2.34. The van der Waals surface area contributed by atoms with Gasteiger partial charge in [0.1, 0.15) is 12.6 Å². The SMILES string of the molecule is CC(C)NC(=O)[C@@H](C)N(Cc1ccc(Cl)cc1Cl)C(=O)CN(c1cccc(Cl)c1Cl)S(C)(=O)=O. The molecule has 2 aromatic carbocycles. The van der Waals surface area contributed by atoms with Crippen molar-refractivity contribution >= 4 is 73.9 Å². The quantitative estimate of drug-likeness (QED) is 0.461. The van der Waals surface area contributed by atoms with Gasteiger partial charge < -0.3 is 10.2 Å². The van der Waals surface area contributed by atoms with Gasteiger partial charge in [0.15, 0.2) is 0 Å². The predicted molar refractivity (Wildman–Crippen MR) is 138 cm³/mol. The van der Waals surface area contributed by atoms with E-state index in [2.05, 4.69) is 5.32 Å². The molecule has 2 rings (SSSR count). The van der Waals surface area contributed by atoms with Gasteiger partial charge in [-0.05, 0) is 50.6 Å². The molecular formula is C22H25Cl4N3O4S. The second kappa shape index (κ2) is 11.8. The van der Waals surface area contributed by atoms with E-state index < -0.39 is 34.4 Å². The first kappa shape index (κ1) is 28.5. The van der Waals surface area contributed by atoms with Crippen molar-refractivity contribution in [1.82, 2.24) is 10.2 Å². The number of benzene rings is 2. The minimum Gasteiger partial charge on any atom is -0.352 e. The van der Waals surface area contributed by atoms with E-state index in [9.17, 15) is 18.0 Å². The second-order valence-corrected chi connectivity index (χ2v) is 11.5. The lowest BCUT2D eigenvalue weighted by atomic mass is 10.1. The molecule has 0 aromatic heterocycles. The second-order valence-electron chi connectivity index (χ2n) is 7.94. The van der Waals surface area contributed by atoms with Crippen molar-refractivity contribution in [3.05, 3.63) is 62.1 Å². The first-order valence-corrected chi connectivity index (χ1v) is 13.5. The van der Waals surface area contributed by atoms with E-state index in [0.717, 1.165) is 10.6 Å². The Morgan fingerprint density at radius 3 is 2.21 bits per heavy atom. The number of anilines is 1. The summed E-state index contributed by atoms with van der Waals surface area (Å²) in [5.41, 5.74) is 0.587. The number of hydrogen-bond donors (Lipinski definition) is 1. The van der Waals surface area contributed by atoms with Crippen LogP contribution in [0.1, 0.15) is 26.3 Å². The van der Waals surface area contributed by atoms with Crippen LogP contribution < -0.4 is 9.62 Å². The van der Waals surface area contributed by atoms with E-state index in [1.807, 2.05) is 0 Å². The fraction of sp³-hybridized carbons (Fsp3) is 0.364. The molecule has 0 unspecified atom stereocenters. The third-order valence-corrected chi connectivity index (χ3v) is 7.36. The molecule has 12 heteroatoms. The molecule has 34 heavy (non-hydrogen) atoms. The zero-order valence-corrected chi connectivity index (χ0v) is 22.8. The van der Waals surface area contributed by atoms with Crippen molar-refractivity contribution in [1.29, 1.82) is 0 Å². The number of sulfonamides is 1. The molecule has 0 fully saturated rings. The van der Waals surface area contributed by atoms with Gasteiger partial charge in [-0.25, -0.2) is 8.42 Å². The molecule has 0 aliphatic heterocycles. The van der Waals surface area contributed by atoms with Gasteiger partial charge in [0, 0.05) is 22.6 Å². The van der Waals surface area contributed by atoms with E-state index in [1.54, 1.807) is 32.9 Å². The number of amides is 2. The molecule has 0 heterocycles. The lowest BCUT2D eigenvalue weighted by Crippen LogP contribution is -2.52. The Balaban J connectivity index is 2.47. The van der Waals surface area contributed by atoms with Crippen LogP contribution in [0.25, 0.3) is 0 Å². The summed E-state index contributed by atoms with van der Waals surface area (Å²) >= 11 is 24.6. The van der Waals surface area contributed by atoms with E-state index >= 15 is 0 Å². The molecule has 1 atom stereocenters. The first-order valence-electron chi connectivity index (χ1n) is 10.2. The molecule has 7 nitrogen and oxygen atoms in total. The summed E-state index contributed by atoms with van der Waals surface area (Å²) in [5.74, 6) is -1.04. The van der Waals surface area contributed by atoms with Gasteiger partial charge in [0.05, 0.1) is 22.0 Å². The minimum absolute atomic E-state index is 0.0136. The number of nitrogens with one attached hydrogen (secondary N) is 1. The maximum atomic E-state index is 13.5. The topological polar surface area (TPSA) is 86.8 Å². The van der Waals surface area contributed by atoms with E-state index in [1.165, 1.54) is 29.2 Å². The molecule has 186 valence electrons. The van der Waals surface area contributed by atoms with Crippen LogP contribution in [0.5, 0.6) is 0 Å². The summed E-state index contributed by atoms with van der Waals surface area (Å²) < 4.78 is 26.0. The monoisotopic (exact) mass is 567 g/mol. The Kier molecular flexibility index (Phi) is 9.91. The Bertz CT molecular complexity index is 1170. The number of nitrogens with zero attached hydrogens (tertiary/aromatic N) is 2. The standard InChI is InChI=1S/C22H25Cl4N3O4S/c1-13(2)27-22(31)14(3)28(11-15-8-9-16(23)10-18(15)25)20(30)12-29(34(4,32)33)19-7-5-6-17(24)21(19)26/h5-10,13-14H,11-12H2,1-4H3,(H,27,31)/t14-/m1/s1. The lowest BCUT2D eigenvalue weighted by Gasteiger charge is -2.32. The zero-order chi connectivity index (χ0) is 25.8. The summed E-state index contributed by atoms with van der Waals surface area (Å²) in [5, 5.41) is 3.60. The molecule has 0 spiro atoms. The normalized spacial score (nSPS) is 12.4. The highest BCUT2D eigenvalue weighted by atomic mass is 35.5. The minimum atomic E-state index is -3.94. The van der Waals surface area contributed by atoms with Crippen molar-refractivity contribution < 1.29 is 18.0 Å². The van der Waals surface area contributed by atoms with Crippen molar-refractivity contribution in [2.45, 2.75) is 39.4 Å². The number of halogens is 4. The van der Waals surface area contributed by atoms with E-state index in [0.29, 0.717) is 15.6 Å². The number of carbonyl (C=O) groups excluding carboxylic acids is 2. The van der Waals surface area contributed by atoms with Crippen molar-refractivity contribution in [3.8, 4) is 0 Å². The average molecular weight is 569 g/mol. The summed E-state index contributed by atoms with van der Waals surface area (Å²) in [7, 11) is -3.94. The van der Waals surface area contributed by atoms with Crippen LogP contribution in [0.2, 0.25) is 20.1 Å². The van der Waals surface area contributed by atoms with Crippen LogP contribution in [0.15, 0.2) is 36.4 Å². The number of carbonyl (C=O) groups is 2. The number of rotatable bonds is 9. The van der Waals surface area contributed by atoms with Gasteiger partial charge in [-0.1, -0.05) is 58.5 Å². The Labute approximate surface area is 220 Å². The summed E-state index contributed by atoms with van der Waals surface area (Å²) in [6.45, 7) is 4.47. The van der Waals surface area contributed by atoms with Crippen LogP contribution in [0.3, 0.4) is 0 Å². The third-order valence-electron chi connectivity index (χ3n) is 4.83. The maximum Gasteiger partial charge on any atom is 0.244 e. The lowest BCUT2D eigenvalue weighted by molar-refractivity contribution is -0.139. The highest BCUT2D eigenvalue weighted by Gasteiger charge is 2.31. The summed E-state index contributed by atoms with van der Waals surface area (Å²) in [6.07, 6.45) is 0.951. The Morgan fingerprint density at radius 1 is 1.00 bits per heavy atom. The summed E-state index contributed by atoms with van der Waals surface area (Å²) in [4.78, 5) is 27.5. The molecule has 2 aromatic rings. The molecule has 0 bridgehead atoms. The Hall–Kier alpha value is -1.71. The fourth-order valence-corrected chi connectivity index (χ4v) is 4.87. The molecule has 0 saturated heterocycles. The van der Waals surface area contributed by atoms with Crippen LogP contribution in [-0.2, 0) is 26.2 Å². The van der Waals surface area contributed by atoms with Crippen molar-refractivity contribution in [2.24, 2.45) is 0 Å². The van der Waals surface area contributed by atoms with Gasteiger partial charge >= 0.3 is 0 Å². The Morgan fingerprint density at radius 2 is 1.65 bits per heavy atom. The molecular weight excluding hydrogens is 544 g/mol. The average Bonchev–Trinajstić information content (AvgIpc) is 2.72. The van der Waals surface area contributed by atoms with Crippen LogP contribution >= 0.6 is 46.4 Å². The van der Waals surface area contributed by atoms with Gasteiger partial charge in [-0.3, -0.25) is 13.9 Å². The summed E-state index contributed by atoms with van der Waals surface area (Å²) in [6, 6.07) is 8.14. The molecule has 2 amide bonds. The fourth-order valence-electron chi connectivity index (χ4n) is 3.10. The van der Waals surface area contributed by atoms with E-state index in [4.69, 9.17) is 46.4 Å². The van der Waals surface area contributed by atoms with Crippen LogP contribution in [-0.4, -0.2) is 50.0 Å². The predicted octanol–water partition coefficient (Wildman–Crippen LogP) is 5.01. The maximum absolute atomic E-state index is 13.5. The van der Waals surface area contributed by atoms with Gasteiger partial charge in [0.2, 0.25) is 21.8 Å². The van der Waals surface area contributed by atoms with Gasteiger partial charge in [0.25, 0.3) is 0 Å². The van der Waals surface area contributed by atoms with Crippen LogP contribution in [0, 0.1) is 0 Å². The van der Waals surface area contributed by atoms with Crippen molar-refractivity contribution in [2.75, 3.05) is 17.1 Å². The molecule has 0 aliphatic rings. The molecule has 1 N–H and O–H groups in total. The van der Waals surface area contributed by atoms with Gasteiger partial charge in [-0.15, -0.1) is 0 Å². The van der Waals surface area contributed by atoms with E-state index in [-0.39, 0.29) is 28.3 Å². The smallest absolute Gasteiger partial charge is 0.244 e. The largest absolute Gasteiger partial charge is 0.352 e. The number of hydrogen-bond acceptors (Lipinski definition) is 4.